The molecule has 5 rings (SSSR count). The highest BCUT2D eigenvalue weighted by Gasteiger charge is 2.29. The summed E-state index contributed by atoms with van der Waals surface area (Å²) in [4.78, 5) is 19.2. The first-order valence-electron chi connectivity index (χ1n) is 10.3. The largest absolute Gasteiger partial charge is 0.336 e. The molecule has 156 valence electrons. The molecule has 3 heterocycles. The van der Waals surface area contributed by atoms with Crippen molar-refractivity contribution in [3.8, 4) is 23.0 Å². The van der Waals surface area contributed by atoms with Gasteiger partial charge in [-0.3, -0.25) is 4.79 Å². The van der Waals surface area contributed by atoms with Crippen molar-refractivity contribution in [1.29, 1.82) is 0 Å². The van der Waals surface area contributed by atoms with Crippen LogP contribution in [0.4, 0.5) is 0 Å². The predicted molar refractivity (Wildman–Crippen MR) is 114 cm³/mol. The average molecular weight is 414 g/mol. The van der Waals surface area contributed by atoms with Gasteiger partial charge in [0.15, 0.2) is 5.69 Å². The van der Waals surface area contributed by atoms with Gasteiger partial charge in [-0.2, -0.15) is 4.98 Å². The van der Waals surface area contributed by atoms with Crippen LogP contribution in [0.3, 0.4) is 0 Å². The van der Waals surface area contributed by atoms with Gasteiger partial charge < -0.3 is 9.42 Å². The summed E-state index contributed by atoms with van der Waals surface area (Å²) in [5.41, 5.74) is 4.43. The van der Waals surface area contributed by atoms with Crippen LogP contribution in [-0.2, 0) is 0 Å². The molecule has 0 radical (unpaired) electrons. The zero-order valence-electron chi connectivity index (χ0n) is 17.4. The minimum atomic E-state index is 0.0512. The molecule has 0 aliphatic carbocycles. The van der Waals surface area contributed by atoms with Gasteiger partial charge in [0, 0.05) is 24.2 Å². The molecular formula is C23H22N6O2. The molecule has 1 fully saturated rings. The molecule has 2 aromatic heterocycles. The van der Waals surface area contributed by atoms with E-state index in [-0.39, 0.29) is 11.9 Å². The van der Waals surface area contributed by atoms with Gasteiger partial charge in [0.05, 0.1) is 12.2 Å². The van der Waals surface area contributed by atoms with Crippen molar-refractivity contribution in [3.05, 3.63) is 71.4 Å². The third-order valence-corrected chi connectivity index (χ3v) is 5.77. The number of benzene rings is 2. The molecular weight excluding hydrogens is 392 g/mol. The van der Waals surface area contributed by atoms with Crippen LogP contribution < -0.4 is 0 Å². The van der Waals surface area contributed by atoms with E-state index in [0.717, 1.165) is 23.1 Å². The lowest BCUT2D eigenvalue weighted by molar-refractivity contribution is 0.0787. The van der Waals surface area contributed by atoms with Crippen molar-refractivity contribution in [2.75, 3.05) is 13.1 Å². The summed E-state index contributed by atoms with van der Waals surface area (Å²) in [7, 11) is 0. The van der Waals surface area contributed by atoms with E-state index in [1.54, 1.807) is 10.9 Å². The van der Waals surface area contributed by atoms with Gasteiger partial charge in [0.1, 0.15) is 0 Å². The van der Waals surface area contributed by atoms with Gasteiger partial charge in [-0.25, -0.2) is 4.68 Å². The van der Waals surface area contributed by atoms with Crippen molar-refractivity contribution >= 4 is 5.91 Å². The van der Waals surface area contributed by atoms with E-state index in [2.05, 4.69) is 20.5 Å². The van der Waals surface area contributed by atoms with Crippen molar-refractivity contribution in [2.24, 2.45) is 0 Å². The molecule has 1 aliphatic rings. The number of carbonyl (C=O) groups is 1. The summed E-state index contributed by atoms with van der Waals surface area (Å²) in [6, 6.07) is 15.5. The molecule has 8 nitrogen and oxygen atoms in total. The summed E-state index contributed by atoms with van der Waals surface area (Å²) in [6.45, 7) is 5.35. The second-order valence-electron chi connectivity index (χ2n) is 7.87. The molecule has 0 N–H and O–H groups in total. The van der Waals surface area contributed by atoms with E-state index in [0.29, 0.717) is 30.5 Å². The summed E-state index contributed by atoms with van der Waals surface area (Å²) in [5.74, 6) is 0.887. The molecule has 0 saturated carbocycles. The van der Waals surface area contributed by atoms with Crippen LogP contribution in [0.15, 0.2) is 59.3 Å². The first-order chi connectivity index (χ1) is 15.1. The molecule has 2 aromatic carbocycles. The third-order valence-electron chi connectivity index (χ3n) is 5.77. The lowest BCUT2D eigenvalue weighted by atomic mass is 10.1. The SMILES string of the molecule is Cc1ccc(C(=O)N2CCC(n3cc(-c4nc(-c5ccccc5)no4)nn3)C2)cc1C. The maximum atomic E-state index is 12.9. The fourth-order valence-corrected chi connectivity index (χ4v) is 3.78. The maximum absolute atomic E-state index is 12.9. The molecule has 1 amide bonds. The normalized spacial score (nSPS) is 16.1. The molecule has 8 heteroatoms. The number of rotatable bonds is 4. The van der Waals surface area contributed by atoms with E-state index < -0.39 is 0 Å². The highest BCUT2D eigenvalue weighted by atomic mass is 16.5. The zero-order chi connectivity index (χ0) is 21.4. The quantitative estimate of drug-likeness (QED) is 0.506. The molecule has 1 aliphatic heterocycles. The van der Waals surface area contributed by atoms with E-state index in [4.69, 9.17) is 4.52 Å². The fourth-order valence-electron chi connectivity index (χ4n) is 3.78. The van der Waals surface area contributed by atoms with Crippen molar-refractivity contribution < 1.29 is 9.32 Å². The first kappa shape index (κ1) is 19.2. The minimum Gasteiger partial charge on any atom is -0.336 e. The maximum Gasteiger partial charge on any atom is 0.280 e. The average Bonchev–Trinajstić information content (AvgIpc) is 3.55. The van der Waals surface area contributed by atoms with Crippen molar-refractivity contribution in [2.45, 2.75) is 26.3 Å². The highest BCUT2D eigenvalue weighted by Crippen LogP contribution is 2.26. The summed E-state index contributed by atoms with van der Waals surface area (Å²) < 4.78 is 7.16. The number of amides is 1. The van der Waals surface area contributed by atoms with Gasteiger partial charge in [-0.1, -0.05) is 46.8 Å². The predicted octanol–water partition coefficient (Wildman–Crippen LogP) is 3.70. The molecule has 0 bridgehead atoms. The molecule has 1 saturated heterocycles. The molecule has 1 unspecified atom stereocenters. The van der Waals surface area contributed by atoms with Crippen molar-refractivity contribution in [3.63, 3.8) is 0 Å². The number of hydrogen-bond acceptors (Lipinski definition) is 6. The molecule has 0 spiro atoms. The van der Waals surface area contributed by atoms with Gasteiger partial charge in [0.2, 0.25) is 5.82 Å². The molecule has 1 atom stereocenters. The van der Waals surface area contributed by atoms with Crippen molar-refractivity contribution in [1.82, 2.24) is 30.0 Å². The van der Waals surface area contributed by atoms with E-state index in [1.807, 2.05) is 67.3 Å². The number of hydrogen-bond donors (Lipinski definition) is 0. The van der Waals surface area contributed by atoms with Crippen LogP contribution in [0.2, 0.25) is 0 Å². The van der Waals surface area contributed by atoms with Gasteiger partial charge >= 0.3 is 0 Å². The second-order valence-corrected chi connectivity index (χ2v) is 7.87. The first-order valence-corrected chi connectivity index (χ1v) is 10.3. The Kier molecular flexibility index (Phi) is 4.82. The lowest BCUT2D eigenvalue weighted by Gasteiger charge is -2.17. The summed E-state index contributed by atoms with van der Waals surface area (Å²) >= 11 is 0. The van der Waals surface area contributed by atoms with Crippen LogP contribution in [0.1, 0.15) is 33.9 Å². The minimum absolute atomic E-state index is 0.0512. The number of aromatic nitrogens is 5. The molecule has 4 aromatic rings. The second kappa shape index (κ2) is 7.79. The number of likely N-dealkylation sites (tertiary alicyclic amines) is 1. The van der Waals surface area contributed by atoms with Crippen LogP contribution in [0, 0.1) is 13.8 Å². The topological polar surface area (TPSA) is 89.9 Å². The van der Waals surface area contributed by atoms with Crippen LogP contribution in [0.25, 0.3) is 23.0 Å². The van der Waals surface area contributed by atoms with Crippen LogP contribution >= 0.6 is 0 Å². The Morgan fingerprint density at radius 1 is 1.10 bits per heavy atom. The smallest absolute Gasteiger partial charge is 0.280 e. The monoisotopic (exact) mass is 414 g/mol. The van der Waals surface area contributed by atoms with E-state index >= 15 is 0 Å². The standard InChI is InChI=1S/C23H22N6O2/c1-15-8-9-18(12-16(15)2)23(30)28-11-10-19(13-28)29-14-20(25-27-29)22-24-21(26-31-22)17-6-4-3-5-7-17/h3-9,12,14,19H,10-11,13H2,1-2H3. The van der Waals surface area contributed by atoms with Crippen LogP contribution in [-0.4, -0.2) is 49.0 Å². The Hall–Kier alpha value is -3.81. The Morgan fingerprint density at radius 2 is 1.94 bits per heavy atom. The van der Waals surface area contributed by atoms with E-state index in [1.165, 1.54) is 5.56 Å². The Balaban J connectivity index is 1.29. The van der Waals surface area contributed by atoms with Crippen LogP contribution in [0.5, 0.6) is 0 Å². The number of nitrogens with zero attached hydrogens (tertiary/aromatic N) is 6. The zero-order valence-corrected chi connectivity index (χ0v) is 17.4. The summed E-state index contributed by atoms with van der Waals surface area (Å²) in [6.07, 6.45) is 2.62. The highest BCUT2D eigenvalue weighted by molar-refractivity contribution is 5.94. The number of aryl methyl sites for hydroxylation is 2. The Bertz CT molecular complexity index is 1230. The van der Waals surface area contributed by atoms with Gasteiger partial charge in [-0.05, 0) is 43.5 Å². The van der Waals surface area contributed by atoms with Gasteiger partial charge in [-0.15, -0.1) is 5.10 Å². The van der Waals surface area contributed by atoms with Gasteiger partial charge in [0.25, 0.3) is 11.8 Å². The molecule has 31 heavy (non-hydrogen) atoms. The third kappa shape index (κ3) is 3.72. The fraction of sp³-hybridized carbons (Fsp3) is 0.261. The lowest BCUT2D eigenvalue weighted by Crippen LogP contribution is -2.29. The van der Waals surface area contributed by atoms with E-state index in [9.17, 15) is 4.79 Å². The summed E-state index contributed by atoms with van der Waals surface area (Å²) in [5, 5.41) is 12.5. The Morgan fingerprint density at radius 3 is 2.74 bits per heavy atom. The Labute approximate surface area is 179 Å². The number of carbonyl (C=O) groups excluding carboxylic acids is 1.